The summed E-state index contributed by atoms with van der Waals surface area (Å²) >= 11 is 5.84. The second-order valence-corrected chi connectivity index (χ2v) is 4.51. The van der Waals surface area contributed by atoms with Crippen molar-refractivity contribution in [2.24, 2.45) is 0 Å². The number of nitrogens with two attached hydrogens (primary N) is 1. The van der Waals surface area contributed by atoms with Crippen molar-refractivity contribution in [1.82, 2.24) is 0 Å². The van der Waals surface area contributed by atoms with Crippen LogP contribution in [-0.2, 0) is 6.18 Å². The number of hydrogen-bond acceptors (Lipinski definition) is 3. The van der Waals surface area contributed by atoms with E-state index in [2.05, 4.69) is 0 Å². The molecule has 108 valence electrons. The highest BCUT2D eigenvalue weighted by Gasteiger charge is 2.31. The molecular weight excluding hydrogens is 305 g/mol. The summed E-state index contributed by atoms with van der Waals surface area (Å²) < 4.78 is 42.9. The molecule has 0 saturated carbocycles. The van der Waals surface area contributed by atoms with E-state index < -0.39 is 11.7 Å². The number of halogens is 4. The van der Waals surface area contributed by atoms with E-state index in [1.807, 2.05) is 6.07 Å². The fourth-order valence-electron chi connectivity index (χ4n) is 1.59. The lowest BCUT2D eigenvalue weighted by Gasteiger charge is -2.12. The molecule has 0 unspecified atom stereocenters. The Morgan fingerprint density at radius 2 is 1.86 bits per heavy atom. The summed E-state index contributed by atoms with van der Waals surface area (Å²) in [6.45, 7) is 0. The molecule has 0 aliphatic carbocycles. The van der Waals surface area contributed by atoms with Gasteiger partial charge in [-0.05, 0) is 30.3 Å². The number of nitrogen functional groups attached to an aromatic ring is 1. The maximum Gasteiger partial charge on any atom is 0.416 e. The van der Waals surface area contributed by atoms with E-state index in [0.717, 1.165) is 18.2 Å². The van der Waals surface area contributed by atoms with Crippen LogP contribution >= 0.6 is 11.6 Å². The van der Waals surface area contributed by atoms with Gasteiger partial charge in [0.2, 0.25) is 0 Å². The highest BCUT2D eigenvalue weighted by atomic mass is 35.5. The second kappa shape index (κ2) is 5.54. The molecule has 0 bridgehead atoms. The third-order valence-electron chi connectivity index (χ3n) is 2.63. The maximum absolute atomic E-state index is 12.5. The zero-order valence-corrected chi connectivity index (χ0v) is 11.2. The van der Waals surface area contributed by atoms with E-state index in [4.69, 9.17) is 27.3 Å². The Morgan fingerprint density at radius 1 is 1.14 bits per heavy atom. The van der Waals surface area contributed by atoms with Crippen molar-refractivity contribution in [3.05, 3.63) is 52.5 Å². The summed E-state index contributed by atoms with van der Waals surface area (Å²) in [6, 6.07) is 8.98. The quantitative estimate of drug-likeness (QED) is 0.824. The molecular formula is C14H8ClF3N2O. The molecule has 2 rings (SSSR count). The topological polar surface area (TPSA) is 59.0 Å². The van der Waals surface area contributed by atoms with Gasteiger partial charge in [-0.3, -0.25) is 0 Å². The molecule has 0 amide bonds. The highest BCUT2D eigenvalue weighted by molar-refractivity contribution is 6.31. The standard InChI is InChI=1S/C14H8ClF3N2O/c15-11-6-10(3-1-8(11)7-19)21-13-4-2-9(5-12(13)20)14(16,17)18/h1-6H,20H2. The van der Waals surface area contributed by atoms with Crippen LogP contribution in [0.1, 0.15) is 11.1 Å². The molecule has 0 aliphatic rings. The number of rotatable bonds is 2. The SMILES string of the molecule is N#Cc1ccc(Oc2ccc(C(F)(F)F)cc2N)cc1Cl. The average Bonchev–Trinajstić information content (AvgIpc) is 2.40. The van der Waals surface area contributed by atoms with Gasteiger partial charge in [0.1, 0.15) is 17.6 Å². The Morgan fingerprint density at radius 3 is 2.38 bits per heavy atom. The Labute approximate surface area is 123 Å². The Kier molecular flexibility index (Phi) is 3.96. The molecule has 0 spiro atoms. The molecule has 0 fully saturated rings. The summed E-state index contributed by atoms with van der Waals surface area (Å²) in [5, 5.41) is 8.93. The van der Waals surface area contributed by atoms with Gasteiger partial charge in [-0.1, -0.05) is 11.6 Å². The molecule has 0 atom stereocenters. The number of nitrogens with zero attached hydrogens (tertiary/aromatic N) is 1. The molecule has 0 aromatic heterocycles. The van der Waals surface area contributed by atoms with Crippen molar-refractivity contribution in [3.8, 4) is 17.6 Å². The number of benzene rings is 2. The van der Waals surface area contributed by atoms with Crippen molar-refractivity contribution in [2.45, 2.75) is 6.18 Å². The van der Waals surface area contributed by atoms with Crippen LogP contribution in [0.4, 0.5) is 18.9 Å². The van der Waals surface area contributed by atoms with Crippen LogP contribution in [0, 0.1) is 11.3 Å². The number of anilines is 1. The van der Waals surface area contributed by atoms with Crippen LogP contribution in [-0.4, -0.2) is 0 Å². The molecule has 2 aromatic rings. The van der Waals surface area contributed by atoms with Gasteiger partial charge in [-0.2, -0.15) is 18.4 Å². The first-order chi connectivity index (χ1) is 9.81. The van der Waals surface area contributed by atoms with Gasteiger partial charge in [-0.15, -0.1) is 0 Å². The first-order valence-corrected chi connectivity index (χ1v) is 6.03. The van der Waals surface area contributed by atoms with Gasteiger partial charge in [0, 0.05) is 6.07 Å². The van der Waals surface area contributed by atoms with Crippen LogP contribution in [0.15, 0.2) is 36.4 Å². The summed E-state index contributed by atoms with van der Waals surface area (Å²) in [6.07, 6.45) is -4.47. The average molecular weight is 313 g/mol. The number of ether oxygens (including phenoxy) is 1. The highest BCUT2D eigenvalue weighted by Crippen LogP contribution is 2.35. The summed E-state index contributed by atoms with van der Waals surface area (Å²) in [4.78, 5) is 0. The molecule has 3 nitrogen and oxygen atoms in total. The molecule has 0 aliphatic heterocycles. The van der Waals surface area contributed by atoms with Gasteiger partial charge in [0.05, 0.1) is 21.8 Å². The van der Waals surface area contributed by atoms with Crippen molar-refractivity contribution < 1.29 is 17.9 Å². The van der Waals surface area contributed by atoms with Crippen LogP contribution in [0.2, 0.25) is 5.02 Å². The van der Waals surface area contributed by atoms with Crippen molar-refractivity contribution in [3.63, 3.8) is 0 Å². The van der Waals surface area contributed by atoms with E-state index in [9.17, 15) is 13.2 Å². The fraction of sp³-hybridized carbons (Fsp3) is 0.0714. The van der Waals surface area contributed by atoms with Crippen molar-refractivity contribution >= 4 is 17.3 Å². The number of nitriles is 1. The van der Waals surface area contributed by atoms with E-state index >= 15 is 0 Å². The van der Waals surface area contributed by atoms with Crippen LogP contribution in [0.5, 0.6) is 11.5 Å². The lowest BCUT2D eigenvalue weighted by Crippen LogP contribution is -2.06. The Hall–Kier alpha value is -2.39. The van der Waals surface area contributed by atoms with E-state index in [0.29, 0.717) is 0 Å². The normalized spacial score (nSPS) is 11.0. The van der Waals surface area contributed by atoms with Crippen molar-refractivity contribution in [1.29, 1.82) is 5.26 Å². The largest absolute Gasteiger partial charge is 0.455 e. The van der Waals surface area contributed by atoms with Gasteiger partial charge >= 0.3 is 6.18 Å². The van der Waals surface area contributed by atoms with Gasteiger partial charge < -0.3 is 10.5 Å². The predicted molar refractivity (Wildman–Crippen MR) is 72.1 cm³/mol. The van der Waals surface area contributed by atoms with E-state index in [1.54, 1.807) is 0 Å². The Bertz CT molecular complexity index is 723. The van der Waals surface area contributed by atoms with Crippen LogP contribution in [0.3, 0.4) is 0 Å². The molecule has 0 saturated heterocycles. The lowest BCUT2D eigenvalue weighted by molar-refractivity contribution is -0.137. The lowest BCUT2D eigenvalue weighted by atomic mass is 10.2. The minimum absolute atomic E-state index is 0.0729. The van der Waals surface area contributed by atoms with Gasteiger partial charge in [-0.25, -0.2) is 0 Å². The zero-order valence-electron chi connectivity index (χ0n) is 10.4. The smallest absolute Gasteiger partial charge is 0.416 e. The summed E-state index contributed by atoms with van der Waals surface area (Å²) in [5.74, 6) is 0.342. The summed E-state index contributed by atoms with van der Waals surface area (Å²) in [7, 11) is 0. The summed E-state index contributed by atoms with van der Waals surface area (Å²) in [5.41, 5.74) is 4.81. The van der Waals surface area contributed by atoms with Gasteiger partial charge in [0.15, 0.2) is 0 Å². The monoisotopic (exact) mass is 312 g/mol. The van der Waals surface area contributed by atoms with E-state index in [1.165, 1.54) is 18.2 Å². The molecule has 0 radical (unpaired) electrons. The third-order valence-corrected chi connectivity index (χ3v) is 2.94. The zero-order chi connectivity index (χ0) is 15.6. The van der Waals surface area contributed by atoms with Gasteiger partial charge in [0.25, 0.3) is 0 Å². The fourth-order valence-corrected chi connectivity index (χ4v) is 1.81. The minimum atomic E-state index is -4.47. The third kappa shape index (κ3) is 3.38. The number of alkyl halides is 3. The van der Waals surface area contributed by atoms with E-state index in [-0.39, 0.29) is 27.8 Å². The first kappa shape index (κ1) is 15.0. The number of hydrogen-bond donors (Lipinski definition) is 1. The van der Waals surface area contributed by atoms with Crippen molar-refractivity contribution in [2.75, 3.05) is 5.73 Å². The molecule has 21 heavy (non-hydrogen) atoms. The molecule has 7 heteroatoms. The maximum atomic E-state index is 12.5. The molecule has 0 heterocycles. The second-order valence-electron chi connectivity index (χ2n) is 4.11. The minimum Gasteiger partial charge on any atom is -0.455 e. The Balaban J connectivity index is 2.28. The van der Waals surface area contributed by atoms with Crippen LogP contribution in [0.25, 0.3) is 0 Å². The predicted octanol–water partition coefficient (Wildman–Crippen LogP) is 4.60. The molecule has 2 N–H and O–H groups in total. The molecule has 2 aromatic carbocycles. The van der Waals surface area contributed by atoms with Crippen LogP contribution < -0.4 is 10.5 Å². The first-order valence-electron chi connectivity index (χ1n) is 5.65.